The number of nitrogens with zero attached hydrogens (tertiary/aromatic N) is 3. The van der Waals surface area contributed by atoms with Crippen molar-refractivity contribution in [1.82, 2.24) is 14.5 Å². The molecule has 0 radical (unpaired) electrons. The van der Waals surface area contributed by atoms with Crippen LogP contribution in [0.2, 0.25) is 0 Å². The smallest absolute Gasteiger partial charge is 0.0529 e. The first-order valence-corrected chi connectivity index (χ1v) is 9.93. The van der Waals surface area contributed by atoms with Gasteiger partial charge in [0.25, 0.3) is 0 Å². The SMILES string of the molecule is C/C(=C\n1c2c(c3cc(C)ccc31)CN(C)CC2)c1ccc2cnccc2c1. The van der Waals surface area contributed by atoms with Crippen LogP contribution in [0.25, 0.3) is 33.4 Å². The lowest BCUT2D eigenvalue weighted by atomic mass is 10.0. The molecule has 5 rings (SSSR count). The molecule has 0 saturated carbocycles. The van der Waals surface area contributed by atoms with Crippen LogP contribution in [0, 0.1) is 6.92 Å². The normalized spacial score (nSPS) is 15.3. The van der Waals surface area contributed by atoms with Crippen molar-refractivity contribution in [3.8, 4) is 0 Å². The predicted octanol–water partition coefficient (Wildman–Crippen LogP) is 5.50. The van der Waals surface area contributed by atoms with Gasteiger partial charge >= 0.3 is 0 Å². The predicted molar refractivity (Wildman–Crippen MR) is 118 cm³/mol. The molecule has 0 saturated heterocycles. The number of aryl methyl sites for hydroxylation is 1. The number of likely N-dealkylation sites (N-methyl/N-ethyl adjacent to an activating group) is 1. The van der Waals surface area contributed by atoms with Gasteiger partial charge in [0, 0.05) is 54.6 Å². The number of hydrogen-bond acceptors (Lipinski definition) is 2. The van der Waals surface area contributed by atoms with Crippen LogP contribution in [0.5, 0.6) is 0 Å². The van der Waals surface area contributed by atoms with E-state index in [1.807, 2.05) is 12.4 Å². The molecule has 0 atom stereocenters. The van der Waals surface area contributed by atoms with E-state index in [-0.39, 0.29) is 0 Å². The van der Waals surface area contributed by atoms with Crippen LogP contribution in [0.1, 0.15) is 29.3 Å². The third kappa shape index (κ3) is 2.83. The highest BCUT2D eigenvalue weighted by molar-refractivity contribution is 5.92. The van der Waals surface area contributed by atoms with Crippen LogP contribution >= 0.6 is 0 Å². The lowest BCUT2D eigenvalue weighted by molar-refractivity contribution is 0.312. The Morgan fingerprint density at radius 3 is 2.86 bits per heavy atom. The number of hydrogen-bond donors (Lipinski definition) is 0. The fourth-order valence-electron chi connectivity index (χ4n) is 4.39. The Morgan fingerprint density at radius 2 is 1.96 bits per heavy atom. The molecule has 3 nitrogen and oxygen atoms in total. The summed E-state index contributed by atoms with van der Waals surface area (Å²) in [5, 5.41) is 3.81. The zero-order valence-corrected chi connectivity index (χ0v) is 16.7. The highest BCUT2D eigenvalue weighted by atomic mass is 15.1. The molecule has 0 unspecified atom stereocenters. The molecule has 2 aromatic carbocycles. The second-order valence-electron chi connectivity index (χ2n) is 8.05. The van der Waals surface area contributed by atoms with Gasteiger partial charge in [0.15, 0.2) is 0 Å². The van der Waals surface area contributed by atoms with Crippen LogP contribution in [0.4, 0.5) is 0 Å². The van der Waals surface area contributed by atoms with E-state index in [9.17, 15) is 0 Å². The zero-order valence-electron chi connectivity index (χ0n) is 16.7. The summed E-state index contributed by atoms with van der Waals surface area (Å²) in [6.07, 6.45) is 7.20. The van der Waals surface area contributed by atoms with Gasteiger partial charge in [0.1, 0.15) is 0 Å². The Labute approximate surface area is 165 Å². The molecule has 3 heterocycles. The van der Waals surface area contributed by atoms with Gasteiger partial charge in [0.2, 0.25) is 0 Å². The number of allylic oxidation sites excluding steroid dienone is 1. The zero-order chi connectivity index (χ0) is 19.3. The van der Waals surface area contributed by atoms with Crippen molar-refractivity contribution < 1.29 is 0 Å². The lowest BCUT2D eigenvalue weighted by Crippen LogP contribution is -2.26. The molecule has 28 heavy (non-hydrogen) atoms. The van der Waals surface area contributed by atoms with E-state index in [4.69, 9.17) is 0 Å². The van der Waals surface area contributed by atoms with Gasteiger partial charge in [-0.2, -0.15) is 0 Å². The molecule has 3 heteroatoms. The van der Waals surface area contributed by atoms with E-state index >= 15 is 0 Å². The summed E-state index contributed by atoms with van der Waals surface area (Å²) in [4.78, 5) is 6.64. The number of rotatable bonds is 2. The Hall–Kier alpha value is -2.91. The van der Waals surface area contributed by atoms with Crippen molar-refractivity contribution in [3.63, 3.8) is 0 Å². The van der Waals surface area contributed by atoms with Crippen molar-refractivity contribution in [3.05, 3.63) is 77.2 Å². The van der Waals surface area contributed by atoms with E-state index < -0.39 is 0 Å². The fraction of sp³-hybridized carbons (Fsp3) is 0.240. The van der Waals surface area contributed by atoms with Gasteiger partial charge in [-0.1, -0.05) is 23.8 Å². The maximum atomic E-state index is 4.22. The third-order valence-corrected chi connectivity index (χ3v) is 5.95. The highest BCUT2D eigenvalue weighted by Crippen LogP contribution is 2.33. The van der Waals surface area contributed by atoms with Crippen molar-refractivity contribution in [2.24, 2.45) is 0 Å². The molecule has 0 fully saturated rings. The monoisotopic (exact) mass is 367 g/mol. The van der Waals surface area contributed by atoms with E-state index in [2.05, 4.69) is 84.0 Å². The van der Waals surface area contributed by atoms with Crippen molar-refractivity contribution in [2.75, 3.05) is 13.6 Å². The second kappa shape index (κ2) is 6.61. The van der Waals surface area contributed by atoms with Crippen molar-refractivity contribution >= 4 is 33.4 Å². The summed E-state index contributed by atoms with van der Waals surface area (Å²) in [7, 11) is 2.22. The van der Waals surface area contributed by atoms with Gasteiger partial charge in [-0.05, 0) is 67.2 Å². The number of benzene rings is 2. The number of pyridine rings is 1. The van der Waals surface area contributed by atoms with Gasteiger partial charge in [-0.15, -0.1) is 0 Å². The standard InChI is InChI=1S/C25H25N3/c1-17-4-7-24-22(12-17)23-16-27(3)11-9-25(23)28(24)15-18(2)19-5-6-21-14-26-10-8-20(21)13-19/h4-8,10,12-15H,9,11,16H2,1-3H3/b18-15+. The fourth-order valence-corrected chi connectivity index (χ4v) is 4.39. The van der Waals surface area contributed by atoms with E-state index in [1.54, 1.807) is 0 Å². The first kappa shape index (κ1) is 17.2. The summed E-state index contributed by atoms with van der Waals surface area (Å²) < 4.78 is 2.43. The summed E-state index contributed by atoms with van der Waals surface area (Å²) in [5.74, 6) is 0. The van der Waals surface area contributed by atoms with Gasteiger partial charge in [-0.3, -0.25) is 4.98 Å². The summed E-state index contributed by atoms with van der Waals surface area (Å²) >= 11 is 0. The van der Waals surface area contributed by atoms with E-state index in [0.717, 1.165) is 19.5 Å². The first-order valence-electron chi connectivity index (χ1n) is 9.93. The summed E-state index contributed by atoms with van der Waals surface area (Å²) in [6, 6.07) is 15.5. The van der Waals surface area contributed by atoms with E-state index in [1.165, 1.54) is 49.6 Å². The second-order valence-corrected chi connectivity index (χ2v) is 8.05. The molecule has 0 amide bonds. The molecule has 140 valence electrons. The topological polar surface area (TPSA) is 21.1 Å². The molecule has 2 aromatic heterocycles. The first-order chi connectivity index (χ1) is 13.6. The number of aromatic nitrogens is 2. The lowest BCUT2D eigenvalue weighted by Gasteiger charge is -2.23. The highest BCUT2D eigenvalue weighted by Gasteiger charge is 2.21. The summed E-state index contributed by atoms with van der Waals surface area (Å²) in [6.45, 7) is 6.53. The molecule has 0 aliphatic carbocycles. The Bertz CT molecular complexity index is 1230. The Balaban J connectivity index is 1.67. The average Bonchev–Trinajstić information content (AvgIpc) is 2.99. The molecule has 0 spiro atoms. The molecule has 0 N–H and O–H groups in total. The van der Waals surface area contributed by atoms with Crippen LogP contribution in [0.3, 0.4) is 0 Å². The average molecular weight is 367 g/mol. The molecule has 0 bridgehead atoms. The molecule has 1 aliphatic heterocycles. The van der Waals surface area contributed by atoms with Crippen LogP contribution < -0.4 is 0 Å². The molecule has 1 aliphatic rings. The minimum absolute atomic E-state index is 1.03. The number of fused-ring (bicyclic) bond motifs is 4. The molecule has 4 aromatic rings. The maximum absolute atomic E-state index is 4.22. The van der Waals surface area contributed by atoms with Gasteiger partial charge < -0.3 is 9.47 Å². The minimum Gasteiger partial charge on any atom is -0.320 e. The maximum Gasteiger partial charge on any atom is 0.0529 e. The Kier molecular flexibility index (Phi) is 4.06. The van der Waals surface area contributed by atoms with Crippen LogP contribution in [-0.4, -0.2) is 28.0 Å². The van der Waals surface area contributed by atoms with Crippen molar-refractivity contribution in [1.29, 1.82) is 0 Å². The van der Waals surface area contributed by atoms with E-state index in [0.29, 0.717) is 0 Å². The molecular formula is C25H25N3. The van der Waals surface area contributed by atoms with Crippen molar-refractivity contribution in [2.45, 2.75) is 26.8 Å². The Morgan fingerprint density at radius 1 is 1.07 bits per heavy atom. The van der Waals surface area contributed by atoms with Crippen LogP contribution in [-0.2, 0) is 13.0 Å². The van der Waals surface area contributed by atoms with Crippen LogP contribution in [0.15, 0.2) is 54.9 Å². The summed E-state index contributed by atoms with van der Waals surface area (Å²) in [5.41, 5.74) is 8.12. The minimum atomic E-state index is 1.03. The largest absolute Gasteiger partial charge is 0.320 e. The molecular weight excluding hydrogens is 342 g/mol. The third-order valence-electron chi connectivity index (χ3n) is 5.95. The quantitative estimate of drug-likeness (QED) is 0.466. The van der Waals surface area contributed by atoms with Gasteiger partial charge in [-0.25, -0.2) is 0 Å². The van der Waals surface area contributed by atoms with Gasteiger partial charge in [0.05, 0.1) is 5.52 Å².